The number of hydrogen-bond acceptors (Lipinski definition) is 7. The third kappa shape index (κ3) is 4.45. The molecule has 0 fully saturated rings. The first-order chi connectivity index (χ1) is 13.0. The van der Waals surface area contributed by atoms with Crippen LogP contribution in [0.2, 0.25) is 0 Å². The number of aryl methyl sites for hydroxylation is 3. The fourth-order valence-electron chi connectivity index (χ4n) is 2.65. The highest BCUT2D eigenvalue weighted by atomic mass is 16.3. The van der Waals surface area contributed by atoms with E-state index in [0.29, 0.717) is 28.8 Å². The second-order valence-corrected chi connectivity index (χ2v) is 6.08. The molecule has 0 unspecified atom stereocenters. The highest BCUT2D eigenvalue weighted by Gasteiger charge is 2.15. The lowest BCUT2D eigenvalue weighted by Gasteiger charge is -2.06. The van der Waals surface area contributed by atoms with E-state index in [2.05, 4.69) is 30.7 Å². The average Bonchev–Trinajstić information content (AvgIpc) is 3.01. The van der Waals surface area contributed by atoms with Gasteiger partial charge in [0.15, 0.2) is 0 Å². The van der Waals surface area contributed by atoms with E-state index in [9.17, 15) is 4.79 Å². The van der Waals surface area contributed by atoms with Crippen molar-refractivity contribution in [2.24, 2.45) is 7.05 Å². The second-order valence-electron chi connectivity index (χ2n) is 6.08. The van der Waals surface area contributed by atoms with Gasteiger partial charge in [0.05, 0.1) is 12.3 Å². The van der Waals surface area contributed by atoms with E-state index in [-0.39, 0.29) is 19.1 Å². The number of aliphatic hydroxyl groups excluding tert-OH is 1. The van der Waals surface area contributed by atoms with E-state index in [1.807, 2.05) is 26.0 Å². The first kappa shape index (κ1) is 18.5. The van der Waals surface area contributed by atoms with Crippen LogP contribution in [0, 0.1) is 13.8 Å². The summed E-state index contributed by atoms with van der Waals surface area (Å²) >= 11 is 0. The Labute approximate surface area is 156 Å². The molecule has 3 aromatic heterocycles. The summed E-state index contributed by atoms with van der Waals surface area (Å²) in [7, 11) is 1.68. The summed E-state index contributed by atoms with van der Waals surface area (Å²) in [6.07, 6.45) is 1.62. The fraction of sp³-hybridized carbons (Fsp3) is 0.278. The van der Waals surface area contributed by atoms with Crippen LogP contribution < -0.4 is 10.6 Å². The zero-order chi connectivity index (χ0) is 19.4. The lowest BCUT2D eigenvalue weighted by molar-refractivity contribution is 0.0935. The summed E-state index contributed by atoms with van der Waals surface area (Å²) in [6, 6.07) is 7.26. The first-order valence-electron chi connectivity index (χ1n) is 8.45. The highest BCUT2D eigenvalue weighted by molar-refractivity contribution is 5.93. The number of pyridine rings is 1. The molecule has 0 saturated carbocycles. The number of carbonyl (C=O) groups is 1. The van der Waals surface area contributed by atoms with Crippen LogP contribution in [0.5, 0.6) is 0 Å². The molecule has 3 N–H and O–H groups in total. The van der Waals surface area contributed by atoms with Gasteiger partial charge in [-0.1, -0.05) is 0 Å². The van der Waals surface area contributed by atoms with Crippen molar-refractivity contribution < 1.29 is 9.90 Å². The van der Waals surface area contributed by atoms with Crippen molar-refractivity contribution >= 4 is 17.7 Å². The maximum Gasteiger partial charge on any atom is 0.269 e. The van der Waals surface area contributed by atoms with Crippen molar-refractivity contribution in [2.75, 3.05) is 18.5 Å². The fourth-order valence-corrected chi connectivity index (χ4v) is 2.65. The maximum atomic E-state index is 12.1. The number of aliphatic hydroxyl groups is 1. The molecule has 0 bridgehead atoms. The summed E-state index contributed by atoms with van der Waals surface area (Å²) in [4.78, 5) is 25.2. The van der Waals surface area contributed by atoms with Gasteiger partial charge in [0.25, 0.3) is 5.91 Å². The molecule has 0 aliphatic rings. The van der Waals surface area contributed by atoms with Crippen LogP contribution >= 0.6 is 0 Å². The van der Waals surface area contributed by atoms with Crippen LogP contribution in [0.3, 0.4) is 0 Å². The Morgan fingerprint density at radius 1 is 1.19 bits per heavy atom. The maximum absolute atomic E-state index is 12.1. The van der Waals surface area contributed by atoms with E-state index < -0.39 is 0 Å². The van der Waals surface area contributed by atoms with E-state index in [1.165, 1.54) is 4.68 Å². The van der Waals surface area contributed by atoms with Crippen LogP contribution in [0.1, 0.15) is 21.7 Å². The molecule has 3 rings (SSSR count). The zero-order valence-electron chi connectivity index (χ0n) is 15.4. The van der Waals surface area contributed by atoms with Gasteiger partial charge in [-0.2, -0.15) is 5.10 Å². The Morgan fingerprint density at radius 3 is 2.74 bits per heavy atom. The molecule has 9 nitrogen and oxygen atoms in total. The number of amides is 1. The van der Waals surface area contributed by atoms with E-state index >= 15 is 0 Å². The SMILES string of the molecule is Cc1cc(C)nc(Nc2nccc(-c3cc(C(=O)NCCO)n(C)n3)n2)c1. The highest BCUT2D eigenvalue weighted by Crippen LogP contribution is 2.19. The van der Waals surface area contributed by atoms with Crippen molar-refractivity contribution in [1.29, 1.82) is 0 Å². The molecular weight excluding hydrogens is 346 g/mol. The molecule has 3 heterocycles. The van der Waals surface area contributed by atoms with Gasteiger partial charge in [-0.15, -0.1) is 0 Å². The largest absolute Gasteiger partial charge is 0.395 e. The standard InChI is InChI=1S/C18H21N7O2/c1-11-8-12(2)21-16(9-11)23-18-20-5-4-13(22-18)14-10-15(25(3)24-14)17(27)19-6-7-26/h4-5,8-10,26H,6-7H2,1-3H3,(H,19,27)(H,20,21,22,23). The van der Waals surface area contributed by atoms with E-state index in [1.54, 1.807) is 25.4 Å². The number of nitrogens with one attached hydrogen (secondary N) is 2. The van der Waals surface area contributed by atoms with Gasteiger partial charge in [-0.05, 0) is 43.7 Å². The van der Waals surface area contributed by atoms with E-state index in [4.69, 9.17) is 5.11 Å². The molecule has 9 heteroatoms. The third-order valence-electron chi connectivity index (χ3n) is 3.77. The van der Waals surface area contributed by atoms with Crippen molar-refractivity contribution in [2.45, 2.75) is 13.8 Å². The molecule has 140 valence electrons. The van der Waals surface area contributed by atoms with Crippen molar-refractivity contribution in [3.05, 3.63) is 47.4 Å². The van der Waals surface area contributed by atoms with Crippen LogP contribution in [-0.4, -0.2) is 48.9 Å². The Kier molecular flexibility index (Phi) is 5.41. The normalized spacial score (nSPS) is 10.7. The summed E-state index contributed by atoms with van der Waals surface area (Å²) in [5, 5.41) is 18.9. The Hall–Kier alpha value is -3.33. The molecule has 0 spiro atoms. The molecule has 0 atom stereocenters. The minimum absolute atomic E-state index is 0.121. The summed E-state index contributed by atoms with van der Waals surface area (Å²) in [5.74, 6) is 0.744. The molecule has 0 saturated heterocycles. The molecular formula is C18H21N7O2. The quantitative estimate of drug-likeness (QED) is 0.602. The lowest BCUT2D eigenvalue weighted by atomic mass is 10.2. The topological polar surface area (TPSA) is 118 Å². The predicted octanol–water partition coefficient (Wildman–Crippen LogP) is 1.35. The summed E-state index contributed by atoms with van der Waals surface area (Å²) < 4.78 is 1.47. The van der Waals surface area contributed by atoms with Crippen LogP contribution in [-0.2, 0) is 7.05 Å². The average molecular weight is 367 g/mol. The molecule has 0 radical (unpaired) electrons. The number of aromatic nitrogens is 5. The molecule has 0 aliphatic heterocycles. The van der Waals surface area contributed by atoms with Gasteiger partial charge >= 0.3 is 0 Å². The Balaban J connectivity index is 1.84. The number of rotatable bonds is 6. The zero-order valence-corrected chi connectivity index (χ0v) is 15.4. The van der Waals surface area contributed by atoms with Crippen molar-refractivity contribution in [3.8, 4) is 11.4 Å². The first-order valence-corrected chi connectivity index (χ1v) is 8.45. The summed E-state index contributed by atoms with van der Waals surface area (Å²) in [5.41, 5.74) is 3.49. The monoisotopic (exact) mass is 367 g/mol. The molecule has 0 aromatic carbocycles. The van der Waals surface area contributed by atoms with Gasteiger partial charge in [0.1, 0.15) is 17.2 Å². The van der Waals surface area contributed by atoms with E-state index in [0.717, 1.165) is 11.3 Å². The lowest BCUT2D eigenvalue weighted by Crippen LogP contribution is -2.28. The summed E-state index contributed by atoms with van der Waals surface area (Å²) in [6.45, 7) is 3.98. The predicted molar refractivity (Wildman–Crippen MR) is 101 cm³/mol. The van der Waals surface area contributed by atoms with Crippen LogP contribution in [0.25, 0.3) is 11.4 Å². The molecule has 1 amide bonds. The number of nitrogens with zero attached hydrogens (tertiary/aromatic N) is 5. The van der Waals surface area contributed by atoms with Gasteiger partial charge in [-0.25, -0.2) is 15.0 Å². The molecule has 27 heavy (non-hydrogen) atoms. The van der Waals surface area contributed by atoms with Gasteiger partial charge in [-0.3, -0.25) is 9.48 Å². The molecule has 3 aromatic rings. The van der Waals surface area contributed by atoms with Crippen LogP contribution in [0.4, 0.5) is 11.8 Å². The van der Waals surface area contributed by atoms with Gasteiger partial charge < -0.3 is 15.7 Å². The van der Waals surface area contributed by atoms with Crippen LogP contribution in [0.15, 0.2) is 30.5 Å². The smallest absolute Gasteiger partial charge is 0.269 e. The second kappa shape index (κ2) is 7.92. The van der Waals surface area contributed by atoms with Gasteiger partial charge in [0.2, 0.25) is 5.95 Å². The molecule has 0 aliphatic carbocycles. The Morgan fingerprint density at radius 2 is 2.00 bits per heavy atom. The number of anilines is 2. The minimum Gasteiger partial charge on any atom is -0.395 e. The Bertz CT molecular complexity index is 948. The minimum atomic E-state index is -0.308. The van der Waals surface area contributed by atoms with Gasteiger partial charge in [0, 0.05) is 25.5 Å². The number of carbonyl (C=O) groups excluding carboxylic acids is 1. The number of hydrogen-bond donors (Lipinski definition) is 3. The third-order valence-corrected chi connectivity index (χ3v) is 3.77. The van der Waals surface area contributed by atoms with Crippen molar-refractivity contribution in [1.82, 2.24) is 30.0 Å². The van der Waals surface area contributed by atoms with Crippen molar-refractivity contribution in [3.63, 3.8) is 0 Å².